The van der Waals surface area contributed by atoms with Crippen LogP contribution in [-0.4, -0.2) is 34.8 Å². The molecule has 1 aromatic heterocycles. The normalized spacial score (nSPS) is 12.2. The number of aromatic nitrogens is 2. The molecule has 7 heteroatoms. The summed E-state index contributed by atoms with van der Waals surface area (Å²) in [5.41, 5.74) is 2.51. The van der Waals surface area contributed by atoms with E-state index in [0.29, 0.717) is 28.8 Å². The summed E-state index contributed by atoms with van der Waals surface area (Å²) >= 11 is 0. The lowest BCUT2D eigenvalue weighted by Crippen LogP contribution is -2.26. The molecule has 0 spiro atoms. The van der Waals surface area contributed by atoms with Crippen LogP contribution in [0.1, 0.15) is 21.8 Å². The summed E-state index contributed by atoms with van der Waals surface area (Å²) in [6.07, 6.45) is 0. The fourth-order valence-electron chi connectivity index (χ4n) is 2.65. The first kappa shape index (κ1) is 16.1. The van der Waals surface area contributed by atoms with E-state index in [9.17, 15) is 4.79 Å². The molecule has 1 aliphatic heterocycles. The highest BCUT2D eigenvalue weighted by molar-refractivity contribution is 5.94. The molecule has 0 bridgehead atoms. The second-order valence-corrected chi connectivity index (χ2v) is 6.10. The van der Waals surface area contributed by atoms with E-state index < -0.39 is 0 Å². The second kappa shape index (κ2) is 6.51. The van der Waals surface area contributed by atoms with Gasteiger partial charge in [0.15, 0.2) is 11.5 Å². The van der Waals surface area contributed by atoms with E-state index in [0.717, 1.165) is 11.1 Å². The Balaban J connectivity index is 1.47. The van der Waals surface area contributed by atoms with E-state index in [1.54, 1.807) is 25.2 Å². The lowest BCUT2D eigenvalue weighted by atomic mass is 10.1. The van der Waals surface area contributed by atoms with Crippen LogP contribution in [-0.2, 0) is 6.54 Å². The number of aryl methyl sites for hydroxylation is 1. The summed E-state index contributed by atoms with van der Waals surface area (Å²) in [6.45, 7) is 2.40. The van der Waals surface area contributed by atoms with Gasteiger partial charge < -0.3 is 18.8 Å². The Labute approximate surface area is 150 Å². The van der Waals surface area contributed by atoms with Crippen molar-refractivity contribution in [1.82, 2.24) is 15.1 Å². The Bertz CT molecular complexity index is 950. The van der Waals surface area contributed by atoms with Gasteiger partial charge in [0.05, 0.1) is 6.54 Å². The number of nitrogens with zero attached hydrogens (tertiary/aromatic N) is 3. The second-order valence-electron chi connectivity index (χ2n) is 6.10. The number of hydrogen-bond donors (Lipinski definition) is 0. The third-order valence-electron chi connectivity index (χ3n) is 4.10. The summed E-state index contributed by atoms with van der Waals surface area (Å²) in [6, 6.07) is 12.9. The van der Waals surface area contributed by atoms with Crippen LogP contribution < -0.4 is 9.47 Å². The molecular formula is C19H17N3O4. The molecule has 0 unspecified atom stereocenters. The summed E-state index contributed by atoms with van der Waals surface area (Å²) < 4.78 is 16.3. The van der Waals surface area contributed by atoms with Crippen molar-refractivity contribution in [2.24, 2.45) is 0 Å². The number of rotatable bonds is 4. The van der Waals surface area contributed by atoms with Crippen molar-refractivity contribution < 1.29 is 18.7 Å². The van der Waals surface area contributed by atoms with Crippen molar-refractivity contribution >= 4 is 5.91 Å². The largest absolute Gasteiger partial charge is 0.454 e. The van der Waals surface area contributed by atoms with Gasteiger partial charge in [0, 0.05) is 18.2 Å². The van der Waals surface area contributed by atoms with Crippen LogP contribution in [0, 0.1) is 6.92 Å². The molecule has 7 nitrogen and oxygen atoms in total. The van der Waals surface area contributed by atoms with Gasteiger partial charge in [-0.2, -0.15) is 0 Å². The standard InChI is InChI=1S/C19H17N3O4/c1-12-3-5-13(6-4-12)18-21-20-17(26-18)10-22(2)19(23)14-7-8-15-16(9-14)25-11-24-15/h3-9H,10-11H2,1-2H3. The average molecular weight is 351 g/mol. The van der Waals surface area contributed by atoms with E-state index in [1.165, 1.54) is 4.90 Å². The monoisotopic (exact) mass is 351 g/mol. The Morgan fingerprint density at radius 2 is 1.85 bits per heavy atom. The molecule has 26 heavy (non-hydrogen) atoms. The fraction of sp³-hybridized carbons (Fsp3) is 0.211. The molecule has 0 fully saturated rings. The summed E-state index contributed by atoms with van der Waals surface area (Å²) in [5, 5.41) is 8.09. The molecule has 2 heterocycles. The molecule has 0 aliphatic carbocycles. The van der Waals surface area contributed by atoms with Gasteiger partial charge in [0.2, 0.25) is 18.6 Å². The van der Waals surface area contributed by atoms with Gasteiger partial charge in [0.1, 0.15) is 0 Å². The third kappa shape index (κ3) is 3.11. The van der Waals surface area contributed by atoms with Gasteiger partial charge in [-0.15, -0.1) is 10.2 Å². The van der Waals surface area contributed by atoms with Crippen LogP contribution in [0.3, 0.4) is 0 Å². The molecule has 0 radical (unpaired) electrons. The Hall–Kier alpha value is -3.35. The van der Waals surface area contributed by atoms with Crippen molar-refractivity contribution in [1.29, 1.82) is 0 Å². The lowest BCUT2D eigenvalue weighted by Gasteiger charge is -2.15. The van der Waals surface area contributed by atoms with E-state index in [2.05, 4.69) is 10.2 Å². The molecule has 1 amide bonds. The van der Waals surface area contributed by atoms with Gasteiger partial charge in [-0.3, -0.25) is 4.79 Å². The quantitative estimate of drug-likeness (QED) is 0.719. The number of fused-ring (bicyclic) bond motifs is 1. The molecule has 1 aliphatic rings. The Kier molecular flexibility index (Phi) is 4.04. The van der Waals surface area contributed by atoms with E-state index >= 15 is 0 Å². The zero-order valence-electron chi connectivity index (χ0n) is 14.4. The maximum atomic E-state index is 12.6. The average Bonchev–Trinajstić information content (AvgIpc) is 3.30. The number of carbonyl (C=O) groups is 1. The van der Waals surface area contributed by atoms with Crippen LogP contribution in [0.15, 0.2) is 46.9 Å². The molecule has 3 aromatic rings. The maximum Gasteiger partial charge on any atom is 0.254 e. The zero-order valence-corrected chi connectivity index (χ0v) is 14.4. The topological polar surface area (TPSA) is 77.7 Å². The molecule has 0 saturated carbocycles. The van der Waals surface area contributed by atoms with Crippen molar-refractivity contribution in [2.45, 2.75) is 13.5 Å². The summed E-state index contributed by atoms with van der Waals surface area (Å²) in [7, 11) is 1.68. The molecule has 132 valence electrons. The molecule has 0 atom stereocenters. The van der Waals surface area contributed by atoms with E-state index in [-0.39, 0.29) is 19.2 Å². The first-order valence-corrected chi connectivity index (χ1v) is 8.15. The minimum Gasteiger partial charge on any atom is -0.454 e. The summed E-state index contributed by atoms with van der Waals surface area (Å²) in [4.78, 5) is 14.1. The highest BCUT2D eigenvalue weighted by Crippen LogP contribution is 2.32. The van der Waals surface area contributed by atoms with Crippen molar-refractivity contribution in [3.63, 3.8) is 0 Å². The fourth-order valence-corrected chi connectivity index (χ4v) is 2.65. The number of ether oxygens (including phenoxy) is 2. The van der Waals surface area contributed by atoms with Crippen molar-refractivity contribution in [3.05, 3.63) is 59.5 Å². The van der Waals surface area contributed by atoms with Crippen LogP contribution in [0.25, 0.3) is 11.5 Å². The maximum absolute atomic E-state index is 12.6. The van der Waals surface area contributed by atoms with Crippen LogP contribution in [0.5, 0.6) is 11.5 Å². The number of benzene rings is 2. The minimum absolute atomic E-state index is 0.168. The van der Waals surface area contributed by atoms with Gasteiger partial charge in [-0.25, -0.2) is 0 Å². The number of amides is 1. The number of hydrogen-bond acceptors (Lipinski definition) is 6. The van der Waals surface area contributed by atoms with Crippen molar-refractivity contribution in [2.75, 3.05) is 13.8 Å². The van der Waals surface area contributed by atoms with E-state index in [1.807, 2.05) is 31.2 Å². The van der Waals surface area contributed by atoms with Crippen molar-refractivity contribution in [3.8, 4) is 23.0 Å². The van der Waals surface area contributed by atoms with Crippen LogP contribution in [0.4, 0.5) is 0 Å². The molecule has 0 N–H and O–H groups in total. The van der Waals surface area contributed by atoms with Crippen LogP contribution in [0.2, 0.25) is 0 Å². The lowest BCUT2D eigenvalue weighted by molar-refractivity contribution is 0.0772. The summed E-state index contributed by atoms with van der Waals surface area (Å²) in [5.74, 6) is 1.85. The molecular weight excluding hydrogens is 334 g/mol. The Morgan fingerprint density at radius 3 is 2.65 bits per heavy atom. The van der Waals surface area contributed by atoms with Gasteiger partial charge in [-0.05, 0) is 37.3 Å². The minimum atomic E-state index is -0.168. The highest BCUT2D eigenvalue weighted by Gasteiger charge is 2.20. The predicted octanol–water partition coefficient (Wildman–Crippen LogP) is 3.05. The third-order valence-corrected chi connectivity index (χ3v) is 4.10. The highest BCUT2D eigenvalue weighted by atomic mass is 16.7. The van der Waals surface area contributed by atoms with Gasteiger partial charge >= 0.3 is 0 Å². The van der Waals surface area contributed by atoms with Gasteiger partial charge in [0.25, 0.3) is 5.91 Å². The van der Waals surface area contributed by atoms with Gasteiger partial charge in [-0.1, -0.05) is 17.7 Å². The predicted molar refractivity (Wildman–Crippen MR) is 92.8 cm³/mol. The first-order chi connectivity index (χ1) is 12.6. The first-order valence-electron chi connectivity index (χ1n) is 8.15. The number of carbonyl (C=O) groups excluding carboxylic acids is 1. The molecule has 0 saturated heterocycles. The molecule has 4 rings (SSSR count). The Morgan fingerprint density at radius 1 is 1.08 bits per heavy atom. The molecule has 2 aromatic carbocycles. The van der Waals surface area contributed by atoms with Crippen LogP contribution >= 0.6 is 0 Å². The smallest absolute Gasteiger partial charge is 0.254 e. The van der Waals surface area contributed by atoms with E-state index in [4.69, 9.17) is 13.9 Å². The zero-order chi connectivity index (χ0) is 18.1. The SMILES string of the molecule is Cc1ccc(-c2nnc(CN(C)C(=O)c3ccc4c(c3)OCO4)o2)cc1.